The van der Waals surface area contributed by atoms with Crippen molar-refractivity contribution in [3.05, 3.63) is 76.2 Å². The maximum Gasteiger partial charge on any atom is 0.273 e. The minimum Gasteiger partial charge on any atom is -0.493 e. The molecule has 1 N–H and O–H groups in total. The highest BCUT2D eigenvalue weighted by atomic mass is 16.5. The third-order valence-corrected chi connectivity index (χ3v) is 6.96. The van der Waals surface area contributed by atoms with E-state index in [-0.39, 0.29) is 24.3 Å². The van der Waals surface area contributed by atoms with Crippen LogP contribution in [0.25, 0.3) is 11.4 Å². The summed E-state index contributed by atoms with van der Waals surface area (Å²) in [6, 6.07) is 18.1. The van der Waals surface area contributed by atoms with Crippen LogP contribution in [0.15, 0.2) is 59.4 Å². The van der Waals surface area contributed by atoms with Crippen LogP contribution >= 0.6 is 0 Å². The number of amides is 1. The number of carbonyl (C=O) groups is 1. The molecule has 2 aliphatic rings. The Balaban J connectivity index is 1.12. The fourth-order valence-electron chi connectivity index (χ4n) is 4.60. The number of rotatable bonds is 9. The highest BCUT2D eigenvalue weighted by molar-refractivity contribution is 5.76. The van der Waals surface area contributed by atoms with E-state index in [1.807, 2.05) is 35.2 Å². The number of hydrogen-bond acceptors (Lipinski definition) is 5. The Hall–Kier alpha value is -3.48. The average molecular weight is 473 g/mol. The number of likely N-dealkylation sites (tertiary alicyclic amines) is 1. The van der Waals surface area contributed by atoms with E-state index in [1.165, 1.54) is 18.4 Å². The van der Waals surface area contributed by atoms with Crippen molar-refractivity contribution in [2.45, 2.75) is 44.9 Å². The standard InChI is InChI=1S/C28H32N4O3/c33-26(32-15-13-21(14-16-32)17-20-5-2-1-3-6-20)12-11-25-28(34)29-27(31-30-25)23-7-4-8-24(18-23)35-19-22-9-10-22/h1-8,18,21-22H,9-17,19H2,(H,29,31,34). The first-order valence-electron chi connectivity index (χ1n) is 12.6. The first kappa shape index (κ1) is 23.3. The Morgan fingerprint density at radius 1 is 0.971 bits per heavy atom. The number of aryl methyl sites for hydroxylation is 1. The van der Waals surface area contributed by atoms with Gasteiger partial charge in [0.1, 0.15) is 11.4 Å². The lowest BCUT2D eigenvalue weighted by Gasteiger charge is -2.32. The molecule has 0 spiro atoms. The van der Waals surface area contributed by atoms with E-state index < -0.39 is 0 Å². The van der Waals surface area contributed by atoms with Gasteiger partial charge in [-0.05, 0) is 61.6 Å². The first-order valence-corrected chi connectivity index (χ1v) is 12.6. The van der Waals surface area contributed by atoms with E-state index in [1.54, 1.807) is 0 Å². The van der Waals surface area contributed by atoms with Crippen LogP contribution in [0.2, 0.25) is 0 Å². The molecule has 35 heavy (non-hydrogen) atoms. The molecule has 7 heteroatoms. The Morgan fingerprint density at radius 2 is 1.77 bits per heavy atom. The molecule has 0 radical (unpaired) electrons. The summed E-state index contributed by atoms with van der Waals surface area (Å²) < 4.78 is 5.82. The lowest BCUT2D eigenvalue weighted by molar-refractivity contribution is -0.132. The number of nitrogens with one attached hydrogen (secondary N) is 1. The topological polar surface area (TPSA) is 88.2 Å². The monoisotopic (exact) mass is 472 g/mol. The largest absolute Gasteiger partial charge is 0.493 e. The molecule has 1 aromatic heterocycles. The van der Waals surface area contributed by atoms with E-state index >= 15 is 0 Å². The quantitative estimate of drug-likeness (QED) is 0.508. The molecule has 1 aliphatic heterocycles. The molecule has 0 atom stereocenters. The molecule has 3 aromatic rings. The van der Waals surface area contributed by atoms with Gasteiger partial charge in [0.2, 0.25) is 5.91 Å². The molecule has 0 unspecified atom stereocenters. The van der Waals surface area contributed by atoms with Crippen LogP contribution in [-0.4, -0.2) is 45.7 Å². The maximum atomic E-state index is 12.7. The Kier molecular flexibility index (Phi) is 7.21. The van der Waals surface area contributed by atoms with Crippen LogP contribution < -0.4 is 10.3 Å². The van der Waals surface area contributed by atoms with Gasteiger partial charge in [0.05, 0.1) is 6.61 Å². The lowest BCUT2D eigenvalue weighted by atomic mass is 9.90. The third kappa shape index (κ3) is 6.35. The Bertz CT molecular complexity index is 1200. The highest BCUT2D eigenvalue weighted by Gasteiger charge is 2.24. The molecule has 1 saturated heterocycles. The fraction of sp³-hybridized carbons (Fsp3) is 0.429. The zero-order valence-electron chi connectivity index (χ0n) is 20.0. The van der Waals surface area contributed by atoms with E-state index in [0.717, 1.165) is 50.3 Å². The van der Waals surface area contributed by atoms with Crippen molar-refractivity contribution < 1.29 is 9.53 Å². The second-order valence-corrected chi connectivity index (χ2v) is 9.75. The van der Waals surface area contributed by atoms with Crippen molar-refractivity contribution >= 4 is 5.91 Å². The number of hydrogen-bond donors (Lipinski definition) is 1. The first-order chi connectivity index (χ1) is 17.1. The van der Waals surface area contributed by atoms with Crippen LogP contribution in [0.1, 0.15) is 43.4 Å². The number of H-pyrrole nitrogens is 1. The summed E-state index contributed by atoms with van der Waals surface area (Å²) in [5.74, 6) is 2.52. The Morgan fingerprint density at radius 3 is 2.51 bits per heavy atom. The van der Waals surface area contributed by atoms with Gasteiger partial charge in [0, 0.05) is 31.5 Å². The second kappa shape index (κ2) is 10.8. The minimum absolute atomic E-state index is 0.0777. The number of aromatic amines is 1. The van der Waals surface area contributed by atoms with E-state index in [9.17, 15) is 9.59 Å². The average Bonchev–Trinajstić information content (AvgIpc) is 3.72. The van der Waals surface area contributed by atoms with Crippen LogP contribution in [0.4, 0.5) is 0 Å². The number of carbonyl (C=O) groups excluding carboxylic acids is 1. The molecule has 2 fully saturated rings. The number of nitrogens with zero attached hydrogens (tertiary/aromatic N) is 3. The highest BCUT2D eigenvalue weighted by Crippen LogP contribution is 2.30. The number of piperidine rings is 1. The molecule has 1 aliphatic carbocycles. The van der Waals surface area contributed by atoms with Crippen molar-refractivity contribution in [2.75, 3.05) is 19.7 Å². The lowest BCUT2D eigenvalue weighted by Crippen LogP contribution is -2.39. The van der Waals surface area contributed by atoms with Crippen LogP contribution in [0, 0.1) is 11.8 Å². The second-order valence-electron chi connectivity index (χ2n) is 9.75. The van der Waals surface area contributed by atoms with Gasteiger partial charge < -0.3 is 14.6 Å². The molecule has 1 saturated carbocycles. The van der Waals surface area contributed by atoms with Crippen molar-refractivity contribution in [1.29, 1.82) is 0 Å². The van der Waals surface area contributed by atoms with Gasteiger partial charge in [-0.15, -0.1) is 10.2 Å². The summed E-state index contributed by atoms with van der Waals surface area (Å²) in [6.07, 6.45) is 6.11. The Labute approximate surface area is 205 Å². The van der Waals surface area contributed by atoms with Gasteiger partial charge in [-0.3, -0.25) is 9.59 Å². The van der Waals surface area contributed by atoms with Gasteiger partial charge in [-0.1, -0.05) is 42.5 Å². The van der Waals surface area contributed by atoms with Crippen LogP contribution in [0.3, 0.4) is 0 Å². The summed E-state index contributed by atoms with van der Waals surface area (Å²) in [4.78, 5) is 30.1. The van der Waals surface area contributed by atoms with Gasteiger partial charge in [0.25, 0.3) is 5.56 Å². The van der Waals surface area contributed by atoms with Gasteiger partial charge in [0.15, 0.2) is 5.82 Å². The fourth-order valence-corrected chi connectivity index (χ4v) is 4.60. The van der Waals surface area contributed by atoms with E-state index in [4.69, 9.17) is 4.74 Å². The van der Waals surface area contributed by atoms with Gasteiger partial charge in [-0.2, -0.15) is 0 Å². The number of aromatic nitrogens is 3. The smallest absolute Gasteiger partial charge is 0.273 e. The van der Waals surface area contributed by atoms with Crippen molar-refractivity contribution in [3.8, 4) is 17.1 Å². The molecule has 182 valence electrons. The molecule has 2 aromatic carbocycles. The van der Waals surface area contributed by atoms with Gasteiger partial charge >= 0.3 is 0 Å². The zero-order valence-corrected chi connectivity index (χ0v) is 20.0. The van der Waals surface area contributed by atoms with Crippen molar-refractivity contribution in [1.82, 2.24) is 20.1 Å². The molecule has 5 rings (SSSR count). The third-order valence-electron chi connectivity index (χ3n) is 6.96. The molecule has 7 nitrogen and oxygen atoms in total. The summed E-state index contributed by atoms with van der Waals surface area (Å²) in [7, 11) is 0. The van der Waals surface area contributed by atoms with Gasteiger partial charge in [-0.25, -0.2) is 0 Å². The molecule has 0 bridgehead atoms. The van der Waals surface area contributed by atoms with Crippen molar-refractivity contribution in [3.63, 3.8) is 0 Å². The SMILES string of the molecule is O=C(CCc1nnc(-c2cccc(OCC3CC3)c2)[nH]c1=O)N1CCC(Cc2ccccc2)CC1. The number of ether oxygens (including phenoxy) is 1. The molecular weight excluding hydrogens is 440 g/mol. The summed E-state index contributed by atoms with van der Waals surface area (Å²) >= 11 is 0. The predicted molar refractivity (Wildman–Crippen MR) is 134 cm³/mol. The maximum absolute atomic E-state index is 12.7. The minimum atomic E-state index is -0.298. The number of benzene rings is 2. The molecular formula is C28H32N4O3. The van der Waals surface area contributed by atoms with E-state index in [0.29, 0.717) is 23.4 Å². The normalized spacial score (nSPS) is 16.3. The molecule has 1 amide bonds. The summed E-state index contributed by atoms with van der Waals surface area (Å²) in [6.45, 7) is 2.27. The molecule has 2 heterocycles. The summed E-state index contributed by atoms with van der Waals surface area (Å²) in [5, 5.41) is 8.35. The predicted octanol–water partition coefficient (Wildman–Crippen LogP) is 4.03. The van der Waals surface area contributed by atoms with Crippen LogP contribution in [-0.2, 0) is 17.6 Å². The van der Waals surface area contributed by atoms with E-state index in [2.05, 4.69) is 39.4 Å². The van der Waals surface area contributed by atoms with Crippen molar-refractivity contribution in [2.24, 2.45) is 11.8 Å². The zero-order chi connectivity index (χ0) is 24.0. The summed E-state index contributed by atoms with van der Waals surface area (Å²) in [5.41, 5.74) is 2.11. The van der Waals surface area contributed by atoms with Crippen LogP contribution in [0.5, 0.6) is 5.75 Å².